The second-order valence-corrected chi connectivity index (χ2v) is 4.97. The van der Waals surface area contributed by atoms with Gasteiger partial charge in [0, 0.05) is 13.1 Å². The van der Waals surface area contributed by atoms with Crippen molar-refractivity contribution in [3.8, 4) is 5.88 Å². The smallest absolute Gasteiger partial charge is 0.241 e. The number of aliphatic hydroxyl groups is 1. The minimum atomic E-state index is -0.252. The fourth-order valence-electron chi connectivity index (χ4n) is 1.92. The third kappa shape index (κ3) is 1.58. The fourth-order valence-corrected chi connectivity index (χ4v) is 2.78. The summed E-state index contributed by atoms with van der Waals surface area (Å²) in [4.78, 5) is 10.5. The Morgan fingerprint density at radius 3 is 3.00 bits per heavy atom. The number of methoxy groups -OCH3 is 1. The maximum Gasteiger partial charge on any atom is 0.241 e. The lowest BCUT2D eigenvalue weighted by atomic mass is 10.1. The number of nitrogens with two attached hydrogens (primary N) is 1. The van der Waals surface area contributed by atoms with Crippen molar-refractivity contribution in [1.82, 2.24) is 9.97 Å². The average molecular weight is 252 g/mol. The van der Waals surface area contributed by atoms with Crippen LogP contribution in [0, 0.1) is 0 Å². The number of thiazole rings is 1. The largest absolute Gasteiger partial charge is 0.479 e. The van der Waals surface area contributed by atoms with Crippen LogP contribution in [0.4, 0.5) is 10.8 Å². The summed E-state index contributed by atoms with van der Waals surface area (Å²) in [5, 5.41) is 9.83. The third-order valence-corrected chi connectivity index (χ3v) is 3.69. The molecule has 7 heteroatoms. The van der Waals surface area contributed by atoms with Gasteiger partial charge in [-0.25, -0.2) is 9.97 Å². The SMILES string of the molecule is COc1ncc(N2CC(O)C2)c2sc(N)nc12. The van der Waals surface area contributed by atoms with Crippen molar-refractivity contribution in [2.75, 3.05) is 30.8 Å². The number of pyridine rings is 1. The molecule has 0 unspecified atom stereocenters. The molecule has 0 spiro atoms. The first-order valence-electron chi connectivity index (χ1n) is 5.21. The number of hydrogen-bond donors (Lipinski definition) is 2. The van der Waals surface area contributed by atoms with Gasteiger partial charge in [0.2, 0.25) is 5.88 Å². The number of nitrogen functional groups attached to an aromatic ring is 1. The van der Waals surface area contributed by atoms with Crippen molar-refractivity contribution in [2.24, 2.45) is 0 Å². The Labute approximate surface area is 102 Å². The van der Waals surface area contributed by atoms with Gasteiger partial charge in [-0.1, -0.05) is 11.3 Å². The van der Waals surface area contributed by atoms with Gasteiger partial charge in [-0.05, 0) is 0 Å². The molecule has 17 heavy (non-hydrogen) atoms. The van der Waals surface area contributed by atoms with Gasteiger partial charge < -0.3 is 20.5 Å². The second kappa shape index (κ2) is 3.71. The molecule has 2 aromatic heterocycles. The molecule has 3 heterocycles. The fraction of sp³-hybridized carbons (Fsp3) is 0.400. The second-order valence-electron chi connectivity index (χ2n) is 3.94. The Kier molecular flexibility index (Phi) is 2.30. The quantitative estimate of drug-likeness (QED) is 0.808. The summed E-state index contributed by atoms with van der Waals surface area (Å²) < 4.78 is 6.12. The van der Waals surface area contributed by atoms with E-state index in [0.29, 0.717) is 29.6 Å². The molecule has 3 N–H and O–H groups in total. The highest BCUT2D eigenvalue weighted by molar-refractivity contribution is 7.22. The molecule has 3 rings (SSSR count). The predicted molar refractivity (Wildman–Crippen MR) is 66.6 cm³/mol. The number of fused-ring (bicyclic) bond motifs is 1. The number of β-amino-alcohol motifs (C(OH)–C–C–N with tert-alkyl or cyclic N) is 1. The normalized spacial score (nSPS) is 16.2. The summed E-state index contributed by atoms with van der Waals surface area (Å²) >= 11 is 1.41. The number of nitrogens with zero attached hydrogens (tertiary/aromatic N) is 3. The third-order valence-electron chi connectivity index (χ3n) is 2.78. The van der Waals surface area contributed by atoms with Gasteiger partial charge in [-0.15, -0.1) is 0 Å². The van der Waals surface area contributed by atoms with Crippen molar-refractivity contribution in [3.05, 3.63) is 6.20 Å². The van der Waals surface area contributed by atoms with Crippen molar-refractivity contribution in [2.45, 2.75) is 6.10 Å². The number of aliphatic hydroxyl groups excluding tert-OH is 1. The van der Waals surface area contributed by atoms with E-state index >= 15 is 0 Å². The lowest BCUT2D eigenvalue weighted by Crippen LogP contribution is -2.50. The molecular formula is C10H12N4O2S. The van der Waals surface area contributed by atoms with Gasteiger partial charge in [0.25, 0.3) is 0 Å². The highest BCUT2D eigenvalue weighted by Gasteiger charge is 2.27. The number of anilines is 2. The van der Waals surface area contributed by atoms with E-state index in [1.807, 2.05) is 0 Å². The average Bonchev–Trinajstić information content (AvgIpc) is 2.65. The lowest BCUT2D eigenvalue weighted by molar-refractivity contribution is 0.142. The molecule has 2 aromatic rings. The zero-order chi connectivity index (χ0) is 12.0. The van der Waals surface area contributed by atoms with Gasteiger partial charge >= 0.3 is 0 Å². The number of rotatable bonds is 2. The lowest BCUT2D eigenvalue weighted by Gasteiger charge is -2.37. The standard InChI is InChI=1S/C10H12N4O2S/c1-16-9-7-8(17-10(11)13-7)6(2-12-9)14-3-5(15)4-14/h2,5,15H,3-4H2,1H3,(H2,11,13). The Morgan fingerprint density at radius 2 is 2.35 bits per heavy atom. The summed E-state index contributed by atoms with van der Waals surface area (Å²) in [7, 11) is 1.56. The molecule has 1 aliphatic heterocycles. The van der Waals surface area contributed by atoms with Crippen molar-refractivity contribution >= 4 is 32.4 Å². The molecule has 0 radical (unpaired) electrons. The predicted octanol–water partition coefficient (Wildman–Crippen LogP) is 0.463. The van der Waals surface area contributed by atoms with Gasteiger partial charge in [0.1, 0.15) is 5.52 Å². The molecule has 0 aromatic carbocycles. The molecule has 90 valence electrons. The Morgan fingerprint density at radius 1 is 1.59 bits per heavy atom. The van der Waals surface area contributed by atoms with Crippen LogP contribution in [0.5, 0.6) is 5.88 Å². The number of aromatic nitrogens is 2. The van der Waals surface area contributed by atoms with Crippen LogP contribution in [-0.4, -0.2) is 41.4 Å². The van der Waals surface area contributed by atoms with Gasteiger partial charge in [0.05, 0.1) is 29.8 Å². The first kappa shape index (κ1) is 10.5. The van der Waals surface area contributed by atoms with Crippen LogP contribution < -0.4 is 15.4 Å². The summed E-state index contributed by atoms with van der Waals surface area (Å²) in [5.41, 5.74) is 7.37. The molecule has 1 saturated heterocycles. The molecule has 6 nitrogen and oxygen atoms in total. The minimum absolute atomic E-state index is 0.252. The topological polar surface area (TPSA) is 84.5 Å². The molecule has 0 saturated carbocycles. The van der Waals surface area contributed by atoms with E-state index in [0.717, 1.165) is 10.4 Å². The van der Waals surface area contributed by atoms with Crippen LogP contribution in [0.3, 0.4) is 0 Å². The Hall–Kier alpha value is -1.60. The molecule has 1 aliphatic rings. The van der Waals surface area contributed by atoms with Gasteiger partial charge in [0.15, 0.2) is 5.13 Å². The van der Waals surface area contributed by atoms with E-state index in [1.54, 1.807) is 13.3 Å². The maximum absolute atomic E-state index is 9.33. The van der Waals surface area contributed by atoms with E-state index in [-0.39, 0.29) is 6.10 Å². The highest BCUT2D eigenvalue weighted by atomic mass is 32.1. The van der Waals surface area contributed by atoms with Crippen LogP contribution in [-0.2, 0) is 0 Å². The van der Waals surface area contributed by atoms with Crippen LogP contribution in [0.25, 0.3) is 10.2 Å². The maximum atomic E-state index is 9.33. The number of hydrogen-bond acceptors (Lipinski definition) is 7. The van der Waals surface area contributed by atoms with Gasteiger partial charge in [-0.3, -0.25) is 0 Å². The van der Waals surface area contributed by atoms with E-state index in [4.69, 9.17) is 10.5 Å². The van der Waals surface area contributed by atoms with E-state index in [9.17, 15) is 5.11 Å². The van der Waals surface area contributed by atoms with Crippen LogP contribution in [0.2, 0.25) is 0 Å². The summed E-state index contributed by atoms with van der Waals surface area (Å²) in [5.74, 6) is 0.484. The van der Waals surface area contributed by atoms with E-state index < -0.39 is 0 Å². The van der Waals surface area contributed by atoms with Crippen LogP contribution in [0.15, 0.2) is 6.20 Å². The van der Waals surface area contributed by atoms with Crippen molar-refractivity contribution in [1.29, 1.82) is 0 Å². The van der Waals surface area contributed by atoms with Crippen LogP contribution >= 0.6 is 11.3 Å². The molecule has 0 atom stereocenters. The van der Waals surface area contributed by atoms with E-state index in [1.165, 1.54) is 11.3 Å². The zero-order valence-corrected chi connectivity index (χ0v) is 10.1. The highest BCUT2D eigenvalue weighted by Crippen LogP contribution is 2.38. The first-order chi connectivity index (χ1) is 8.19. The molecular weight excluding hydrogens is 240 g/mol. The Bertz CT molecular complexity index is 565. The molecule has 0 aliphatic carbocycles. The monoisotopic (exact) mass is 252 g/mol. The van der Waals surface area contributed by atoms with Gasteiger partial charge in [-0.2, -0.15) is 0 Å². The zero-order valence-electron chi connectivity index (χ0n) is 9.25. The van der Waals surface area contributed by atoms with E-state index in [2.05, 4.69) is 14.9 Å². The van der Waals surface area contributed by atoms with Crippen molar-refractivity contribution < 1.29 is 9.84 Å². The van der Waals surface area contributed by atoms with Crippen LogP contribution in [0.1, 0.15) is 0 Å². The summed E-state index contributed by atoms with van der Waals surface area (Å²) in [6.45, 7) is 1.25. The first-order valence-corrected chi connectivity index (χ1v) is 6.02. The molecule has 0 bridgehead atoms. The summed E-state index contributed by atoms with van der Waals surface area (Å²) in [6, 6.07) is 0. The number of ether oxygens (including phenoxy) is 1. The molecule has 1 fully saturated rings. The molecule has 0 amide bonds. The minimum Gasteiger partial charge on any atom is -0.479 e. The van der Waals surface area contributed by atoms with Crippen molar-refractivity contribution in [3.63, 3.8) is 0 Å². The Balaban J connectivity index is 2.13. The summed E-state index contributed by atoms with van der Waals surface area (Å²) in [6.07, 6.45) is 1.49.